The fourth-order valence-corrected chi connectivity index (χ4v) is 5.23. The molecule has 6 nitrogen and oxygen atoms in total. The topological polar surface area (TPSA) is 73.5 Å². The van der Waals surface area contributed by atoms with Crippen LogP contribution in [0.1, 0.15) is 28.4 Å². The number of halogens is 2. The van der Waals surface area contributed by atoms with Crippen LogP contribution in [0.3, 0.4) is 0 Å². The van der Waals surface area contributed by atoms with E-state index >= 15 is 0 Å². The Hall–Kier alpha value is -3.19. The van der Waals surface area contributed by atoms with Crippen molar-refractivity contribution in [3.05, 3.63) is 99.2 Å². The fraction of sp³-hybridized carbons (Fsp3) is 0.160. The highest BCUT2D eigenvalue weighted by Gasteiger charge is 2.33. The molecule has 3 aromatic carbocycles. The van der Waals surface area contributed by atoms with Crippen LogP contribution in [-0.2, 0) is 13.0 Å². The van der Waals surface area contributed by atoms with Gasteiger partial charge in [-0.1, -0.05) is 77.8 Å². The largest absolute Gasteiger partial charge is 0.357 e. The summed E-state index contributed by atoms with van der Waals surface area (Å²) in [6.45, 7) is 1.68. The Morgan fingerprint density at radius 1 is 0.970 bits per heavy atom. The maximum Gasteiger partial charge on any atom is 0.204 e. The van der Waals surface area contributed by atoms with Crippen LogP contribution < -0.4 is 0 Å². The highest BCUT2D eigenvalue weighted by Crippen LogP contribution is 2.42. The van der Waals surface area contributed by atoms with Crippen molar-refractivity contribution in [3.63, 3.8) is 0 Å². The molecule has 0 spiro atoms. The highest BCUT2D eigenvalue weighted by atomic mass is 35.5. The summed E-state index contributed by atoms with van der Waals surface area (Å²) in [7, 11) is 0. The van der Waals surface area contributed by atoms with Crippen molar-refractivity contribution in [3.8, 4) is 11.4 Å². The molecule has 0 radical (unpaired) electrons. The molecule has 8 heteroatoms. The van der Waals surface area contributed by atoms with Crippen LogP contribution in [0, 0.1) is 0 Å². The van der Waals surface area contributed by atoms with Crippen LogP contribution >= 0.6 is 23.2 Å². The van der Waals surface area contributed by atoms with Gasteiger partial charge in [-0.25, -0.2) is 0 Å². The Balaban J connectivity index is 1.41. The summed E-state index contributed by atoms with van der Waals surface area (Å²) in [5, 5.41) is 16.7. The van der Waals surface area contributed by atoms with E-state index in [2.05, 4.69) is 73.0 Å². The fourth-order valence-electron chi connectivity index (χ4n) is 4.82. The van der Waals surface area contributed by atoms with Gasteiger partial charge in [0.15, 0.2) is 0 Å². The van der Waals surface area contributed by atoms with Gasteiger partial charge in [0.05, 0.1) is 16.1 Å². The Bertz CT molecular complexity index is 1430. The van der Waals surface area contributed by atoms with Crippen LogP contribution in [0.15, 0.2) is 66.7 Å². The summed E-state index contributed by atoms with van der Waals surface area (Å²) in [5.74, 6) is 0.589. The zero-order valence-electron chi connectivity index (χ0n) is 17.6. The zero-order chi connectivity index (χ0) is 22.4. The van der Waals surface area contributed by atoms with Gasteiger partial charge in [0.1, 0.15) is 0 Å². The van der Waals surface area contributed by atoms with E-state index in [-0.39, 0.29) is 6.04 Å². The summed E-state index contributed by atoms with van der Waals surface area (Å²) >= 11 is 13.2. The Morgan fingerprint density at radius 2 is 1.82 bits per heavy atom. The second kappa shape index (κ2) is 8.30. The maximum atomic E-state index is 6.74. The molecule has 1 aliphatic heterocycles. The minimum Gasteiger partial charge on any atom is -0.357 e. The van der Waals surface area contributed by atoms with Gasteiger partial charge in [-0.05, 0) is 40.5 Å². The average molecular weight is 475 g/mol. The van der Waals surface area contributed by atoms with E-state index in [9.17, 15) is 0 Å². The lowest BCUT2D eigenvalue weighted by atomic mass is 9.91. The van der Waals surface area contributed by atoms with Crippen molar-refractivity contribution < 1.29 is 0 Å². The lowest BCUT2D eigenvalue weighted by Gasteiger charge is -2.36. The minimum absolute atomic E-state index is 0.0239. The smallest absolute Gasteiger partial charge is 0.204 e. The molecule has 0 saturated carbocycles. The minimum atomic E-state index is -0.0239. The maximum absolute atomic E-state index is 6.74. The van der Waals surface area contributed by atoms with Gasteiger partial charge in [-0.2, -0.15) is 5.21 Å². The van der Waals surface area contributed by atoms with Gasteiger partial charge in [0, 0.05) is 35.2 Å². The van der Waals surface area contributed by atoms with Gasteiger partial charge in [-0.15, -0.1) is 10.2 Å². The molecule has 33 heavy (non-hydrogen) atoms. The second-order valence-corrected chi connectivity index (χ2v) is 9.05. The first-order chi connectivity index (χ1) is 16.2. The highest BCUT2D eigenvalue weighted by molar-refractivity contribution is 6.42. The van der Waals surface area contributed by atoms with Gasteiger partial charge in [0.2, 0.25) is 5.82 Å². The van der Waals surface area contributed by atoms with Gasteiger partial charge in [0.25, 0.3) is 0 Å². The Labute approximate surface area is 200 Å². The molecule has 0 saturated heterocycles. The second-order valence-electron chi connectivity index (χ2n) is 8.26. The zero-order valence-corrected chi connectivity index (χ0v) is 19.1. The van der Waals surface area contributed by atoms with Crippen molar-refractivity contribution in [1.29, 1.82) is 0 Å². The van der Waals surface area contributed by atoms with E-state index in [1.165, 1.54) is 22.2 Å². The first kappa shape index (κ1) is 20.4. The molecule has 1 aliphatic rings. The number of aromatic nitrogens is 5. The lowest BCUT2D eigenvalue weighted by Crippen LogP contribution is -2.35. The molecule has 0 amide bonds. The quantitative estimate of drug-likeness (QED) is 0.345. The molecule has 1 unspecified atom stereocenters. The molecule has 164 valence electrons. The normalized spacial score (nSPS) is 16.2. The van der Waals surface area contributed by atoms with Crippen molar-refractivity contribution in [2.45, 2.75) is 19.0 Å². The van der Waals surface area contributed by atoms with Gasteiger partial charge >= 0.3 is 0 Å². The molecule has 0 aliphatic carbocycles. The molecule has 0 fully saturated rings. The van der Waals surface area contributed by atoms with E-state index in [0.29, 0.717) is 15.9 Å². The number of H-pyrrole nitrogens is 2. The van der Waals surface area contributed by atoms with Crippen LogP contribution in [-0.4, -0.2) is 37.1 Å². The number of hydrogen-bond donors (Lipinski definition) is 2. The third-order valence-corrected chi connectivity index (χ3v) is 7.19. The molecular weight excluding hydrogens is 455 g/mol. The molecule has 1 atom stereocenters. The molecule has 2 N–H and O–H groups in total. The van der Waals surface area contributed by atoms with Crippen LogP contribution in [0.2, 0.25) is 10.0 Å². The first-order valence-electron chi connectivity index (χ1n) is 10.8. The number of benzene rings is 3. The number of nitrogens with zero attached hydrogens (tertiary/aromatic N) is 4. The van der Waals surface area contributed by atoms with Crippen LogP contribution in [0.25, 0.3) is 22.3 Å². The van der Waals surface area contributed by atoms with Crippen LogP contribution in [0.4, 0.5) is 0 Å². The summed E-state index contributed by atoms with van der Waals surface area (Å²) in [4.78, 5) is 6.14. The number of nitrogens with one attached hydrogen (secondary N) is 2. The first-order valence-corrected chi connectivity index (χ1v) is 11.5. The number of aromatic amines is 2. The average Bonchev–Trinajstić information content (AvgIpc) is 3.50. The van der Waals surface area contributed by atoms with E-state index in [1.54, 1.807) is 0 Å². The lowest BCUT2D eigenvalue weighted by molar-refractivity contribution is 0.202. The van der Waals surface area contributed by atoms with E-state index < -0.39 is 0 Å². The van der Waals surface area contributed by atoms with Crippen molar-refractivity contribution in [1.82, 2.24) is 30.5 Å². The molecule has 3 heterocycles. The monoisotopic (exact) mass is 474 g/mol. The van der Waals surface area contributed by atoms with Gasteiger partial charge in [-0.3, -0.25) is 4.90 Å². The summed E-state index contributed by atoms with van der Waals surface area (Å²) < 4.78 is 0. The SMILES string of the molecule is Clc1cccc(C2c3[nH]c4ccccc4c3CCN2Cc2ccc(-c3nn[nH]n3)cc2)c1Cl. The predicted octanol–water partition coefficient (Wildman–Crippen LogP) is 5.80. The van der Waals surface area contributed by atoms with Crippen molar-refractivity contribution >= 4 is 34.1 Å². The number of rotatable bonds is 4. The van der Waals surface area contributed by atoms with E-state index in [4.69, 9.17) is 23.2 Å². The number of para-hydroxylation sites is 1. The number of tetrazole rings is 1. The van der Waals surface area contributed by atoms with E-state index in [0.717, 1.165) is 36.2 Å². The predicted molar refractivity (Wildman–Crippen MR) is 130 cm³/mol. The third kappa shape index (κ3) is 3.60. The number of fused-ring (bicyclic) bond motifs is 3. The molecule has 6 rings (SSSR count). The van der Waals surface area contributed by atoms with Crippen molar-refractivity contribution in [2.24, 2.45) is 0 Å². The van der Waals surface area contributed by atoms with Crippen LogP contribution in [0.5, 0.6) is 0 Å². The summed E-state index contributed by atoms with van der Waals surface area (Å²) in [5.41, 5.74) is 6.84. The Kier molecular flexibility index (Phi) is 5.14. The standard InChI is InChI=1S/C25H20Cl2N6/c26-20-6-3-5-19(22(20)27)24-23-18(17-4-1-2-7-21(17)28-23)12-13-33(24)14-15-8-10-16(11-9-15)25-29-31-32-30-25/h1-11,24,28H,12-14H2,(H,29,30,31,32). The van der Waals surface area contributed by atoms with Crippen molar-refractivity contribution in [2.75, 3.05) is 6.54 Å². The molecule has 2 aromatic heterocycles. The van der Waals surface area contributed by atoms with E-state index in [1.807, 2.05) is 24.3 Å². The third-order valence-electron chi connectivity index (χ3n) is 6.35. The Morgan fingerprint density at radius 3 is 2.64 bits per heavy atom. The molecule has 5 aromatic rings. The van der Waals surface area contributed by atoms with Gasteiger partial charge < -0.3 is 4.98 Å². The summed E-state index contributed by atoms with van der Waals surface area (Å²) in [6, 6.07) is 22.6. The summed E-state index contributed by atoms with van der Waals surface area (Å²) in [6.07, 6.45) is 0.967. The molecule has 0 bridgehead atoms. The number of hydrogen-bond acceptors (Lipinski definition) is 4. The molecular formula is C25H20Cl2N6.